The second kappa shape index (κ2) is 5.19. The molecule has 0 unspecified atom stereocenters. The van der Waals surface area contributed by atoms with Crippen LogP contribution in [0.25, 0.3) is 11.0 Å². The SMILES string of the molecule is CC(C)Cc1nc2cc(Br)ccc2n1CCO. The molecule has 2 aromatic rings. The normalized spacial score (nSPS) is 11.6. The first-order chi connectivity index (χ1) is 8.11. The molecule has 0 spiro atoms. The standard InChI is InChI=1S/C13H17BrN2O/c1-9(2)7-13-15-11-8-10(14)3-4-12(11)16(13)5-6-17/h3-4,8-9,17H,5-7H2,1-2H3. The molecule has 92 valence electrons. The van der Waals surface area contributed by atoms with Gasteiger partial charge in [-0.1, -0.05) is 29.8 Å². The summed E-state index contributed by atoms with van der Waals surface area (Å²) >= 11 is 3.46. The average Bonchev–Trinajstić information content (AvgIpc) is 2.55. The van der Waals surface area contributed by atoms with Crippen molar-refractivity contribution in [3.05, 3.63) is 28.5 Å². The van der Waals surface area contributed by atoms with E-state index in [1.807, 2.05) is 18.2 Å². The molecule has 2 rings (SSSR count). The Morgan fingerprint density at radius 1 is 1.41 bits per heavy atom. The van der Waals surface area contributed by atoms with E-state index in [9.17, 15) is 0 Å². The van der Waals surface area contributed by atoms with E-state index in [-0.39, 0.29) is 6.61 Å². The first kappa shape index (κ1) is 12.6. The molecular formula is C13H17BrN2O. The van der Waals surface area contributed by atoms with Crippen LogP contribution in [0, 0.1) is 5.92 Å². The Morgan fingerprint density at radius 3 is 2.82 bits per heavy atom. The third kappa shape index (κ3) is 2.69. The predicted octanol–water partition coefficient (Wildman–Crippen LogP) is 2.99. The van der Waals surface area contributed by atoms with Crippen molar-refractivity contribution in [2.45, 2.75) is 26.8 Å². The van der Waals surface area contributed by atoms with Crippen molar-refractivity contribution < 1.29 is 5.11 Å². The molecule has 1 aromatic carbocycles. The molecule has 0 aliphatic heterocycles. The lowest BCUT2D eigenvalue weighted by atomic mass is 10.1. The maximum Gasteiger partial charge on any atom is 0.110 e. The van der Waals surface area contributed by atoms with E-state index in [2.05, 4.69) is 39.3 Å². The zero-order chi connectivity index (χ0) is 12.4. The van der Waals surface area contributed by atoms with Crippen LogP contribution in [0.15, 0.2) is 22.7 Å². The number of halogens is 1. The Balaban J connectivity index is 2.53. The lowest BCUT2D eigenvalue weighted by Gasteiger charge is -2.08. The van der Waals surface area contributed by atoms with E-state index in [1.54, 1.807) is 0 Å². The van der Waals surface area contributed by atoms with Gasteiger partial charge < -0.3 is 9.67 Å². The Kier molecular flexibility index (Phi) is 3.84. The molecule has 17 heavy (non-hydrogen) atoms. The minimum atomic E-state index is 0.145. The van der Waals surface area contributed by atoms with Crippen molar-refractivity contribution in [1.82, 2.24) is 9.55 Å². The Labute approximate surface area is 110 Å². The number of aromatic nitrogens is 2. The third-order valence-corrected chi connectivity index (χ3v) is 3.20. The van der Waals surface area contributed by atoms with Crippen LogP contribution in [0.2, 0.25) is 0 Å². The quantitative estimate of drug-likeness (QED) is 0.942. The summed E-state index contributed by atoms with van der Waals surface area (Å²) in [6.45, 7) is 5.11. The molecule has 4 heteroatoms. The molecule has 0 saturated carbocycles. The highest BCUT2D eigenvalue weighted by molar-refractivity contribution is 9.10. The molecule has 1 N–H and O–H groups in total. The molecule has 0 fully saturated rings. The summed E-state index contributed by atoms with van der Waals surface area (Å²) in [5.74, 6) is 1.62. The molecule has 1 heterocycles. The van der Waals surface area contributed by atoms with Gasteiger partial charge in [0.15, 0.2) is 0 Å². The summed E-state index contributed by atoms with van der Waals surface area (Å²) in [5.41, 5.74) is 2.08. The first-order valence-electron chi connectivity index (χ1n) is 5.87. The molecule has 0 aliphatic carbocycles. The number of nitrogens with zero attached hydrogens (tertiary/aromatic N) is 2. The fourth-order valence-corrected chi connectivity index (χ4v) is 2.37. The number of imidazole rings is 1. The molecule has 0 radical (unpaired) electrons. The van der Waals surface area contributed by atoms with Crippen molar-refractivity contribution in [3.63, 3.8) is 0 Å². The van der Waals surface area contributed by atoms with Gasteiger partial charge in [0.25, 0.3) is 0 Å². The van der Waals surface area contributed by atoms with E-state index in [1.165, 1.54) is 0 Å². The molecule has 3 nitrogen and oxygen atoms in total. The summed E-state index contributed by atoms with van der Waals surface area (Å²) < 4.78 is 3.15. The molecule has 0 saturated heterocycles. The predicted molar refractivity (Wildman–Crippen MR) is 73.1 cm³/mol. The van der Waals surface area contributed by atoms with Crippen LogP contribution in [0.4, 0.5) is 0 Å². The lowest BCUT2D eigenvalue weighted by molar-refractivity contribution is 0.275. The van der Waals surface area contributed by atoms with E-state index in [0.29, 0.717) is 12.5 Å². The Morgan fingerprint density at radius 2 is 2.18 bits per heavy atom. The van der Waals surface area contributed by atoms with Crippen LogP contribution in [0.5, 0.6) is 0 Å². The number of fused-ring (bicyclic) bond motifs is 1. The zero-order valence-corrected chi connectivity index (χ0v) is 11.7. The fourth-order valence-electron chi connectivity index (χ4n) is 2.02. The van der Waals surface area contributed by atoms with Crippen LogP contribution in [0.3, 0.4) is 0 Å². The smallest absolute Gasteiger partial charge is 0.110 e. The highest BCUT2D eigenvalue weighted by Crippen LogP contribution is 2.22. The number of aliphatic hydroxyl groups is 1. The van der Waals surface area contributed by atoms with Gasteiger partial charge in [-0.3, -0.25) is 0 Å². The largest absolute Gasteiger partial charge is 0.395 e. The molecular weight excluding hydrogens is 280 g/mol. The van der Waals surface area contributed by atoms with Gasteiger partial charge in [-0.15, -0.1) is 0 Å². The summed E-state index contributed by atoms with van der Waals surface area (Å²) in [7, 11) is 0. The minimum Gasteiger partial charge on any atom is -0.395 e. The first-order valence-corrected chi connectivity index (χ1v) is 6.66. The van der Waals surface area contributed by atoms with E-state index in [4.69, 9.17) is 5.11 Å². The third-order valence-electron chi connectivity index (χ3n) is 2.70. The van der Waals surface area contributed by atoms with Crippen molar-refractivity contribution in [3.8, 4) is 0 Å². The van der Waals surface area contributed by atoms with Gasteiger partial charge in [-0.25, -0.2) is 4.98 Å². The Bertz CT molecular complexity index is 519. The highest BCUT2D eigenvalue weighted by Gasteiger charge is 2.11. The molecule has 0 bridgehead atoms. The van der Waals surface area contributed by atoms with Crippen LogP contribution in [-0.4, -0.2) is 21.3 Å². The molecule has 1 aromatic heterocycles. The maximum atomic E-state index is 9.15. The second-order valence-electron chi connectivity index (χ2n) is 4.63. The maximum absolute atomic E-state index is 9.15. The van der Waals surface area contributed by atoms with Gasteiger partial charge in [0, 0.05) is 17.4 Å². The highest BCUT2D eigenvalue weighted by atomic mass is 79.9. The summed E-state index contributed by atoms with van der Waals surface area (Å²) in [6.07, 6.45) is 0.937. The van der Waals surface area contributed by atoms with Gasteiger partial charge in [0.05, 0.1) is 17.6 Å². The number of rotatable bonds is 4. The van der Waals surface area contributed by atoms with Gasteiger partial charge in [-0.2, -0.15) is 0 Å². The molecule has 0 amide bonds. The van der Waals surface area contributed by atoms with Gasteiger partial charge in [0.2, 0.25) is 0 Å². The van der Waals surface area contributed by atoms with Crippen molar-refractivity contribution in [2.75, 3.05) is 6.61 Å². The monoisotopic (exact) mass is 296 g/mol. The topological polar surface area (TPSA) is 38.0 Å². The van der Waals surface area contributed by atoms with Crippen molar-refractivity contribution in [1.29, 1.82) is 0 Å². The second-order valence-corrected chi connectivity index (χ2v) is 5.55. The minimum absolute atomic E-state index is 0.145. The average molecular weight is 297 g/mol. The number of benzene rings is 1. The number of hydrogen-bond acceptors (Lipinski definition) is 2. The van der Waals surface area contributed by atoms with Gasteiger partial charge in [0.1, 0.15) is 5.82 Å². The van der Waals surface area contributed by atoms with Crippen molar-refractivity contribution in [2.24, 2.45) is 5.92 Å². The van der Waals surface area contributed by atoms with Gasteiger partial charge in [-0.05, 0) is 24.1 Å². The number of aliphatic hydroxyl groups excluding tert-OH is 1. The summed E-state index contributed by atoms with van der Waals surface area (Å²) in [4.78, 5) is 4.65. The Hall–Kier alpha value is -0.870. The fraction of sp³-hybridized carbons (Fsp3) is 0.462. The van der Waals surface area contributed by atoms with E-state index < -0.39 is 0 Å². The molecule has 0 aliphatic rings. The van der Waals surface area contributed by atoms with E-state index in [0.717, 1.165) is 27.8 Å². The van der Waals surface area contributed by atoms with Crippen LogP contribution >= 0.6 is 15.9 Å². The van der Waals surface area contributed by atoms with E-state index >= 15 is 0 Å². The zero-order valence-electron chi connectivity index (χ0n) is 10.2. The van der Waals surface area contributed by atoms with Crippen LogP contribution < -0.4 is 0 Å². The van der Waals surface area contributed by atoms with Gasteiger partial charge >= 0.3 is 0 Å². The van der Waals surface area contributed by atoms with Crippen molar-refractivity contribution >= 4 is 27.0 Å². The summed E-state index contributed by atoms with van der Waals surface area (Å²) in [6, 6.07) is 6.08. The number of hydrogen-bond donors (Lipinski definition) is 1. The van der Waals surface area contributed by atoms with Crippen LogP contribution in [0.1, 0.15) is 19.7 Å². The lowest BCUT2D eigenvalue weighted by Crippen LogP contribution is -2.09. The molecule has 0 atom stereocenters. The van der Waals surface area contributed by atoms with Crippen LogP contribution in [-0.2, 0) is 13.0 Å². The summed E-state index contributed by atoms with van der Waals surface area (Å²) in [5, 5.41) is 9.15.